The topological polar surface area (TPSA) is 64.7 Å². The molecule has 0 aromatic heterocycles. The molecule has 4 heteroatoms. The van der Waals surface area contributed by atoms with Crippen LogP contribution in [0.3, 0.4) is 0 Å². The Labute approximate surface area is 113 Å². The van der Waals surface area contributed by atoms with Crippen LogP contribution in [-0.4, -0.2) is 31.0 Å². The number of rotatable bonds is 4. The van der Waals surface area contributed by atoms with Gasteiger partial charge in [0.1, 0.15) is 5.75 Å². The molecule has 4 atom stereocenters. The van der Waals surface area contributed by atoms with Gasteiger partial charge < -0.3 is 20.3 Å². The van der Waals surface area contributed by atoms with Gasteiger partial charge in [-0.3, -0.25) is 0 Å². The molecule has 2 saturated heterocycles. The monoisotopic (exact) mass is 263 g/mol. The minimum absolute atomic E-state index is 0.0969. The van der Waals surface area contributed by atoms with Gasteiger partial charge >= 0.3 is 0 Å². The number of aliphatic hydroxyl groups is 1. The molecular formula is C15H21NO3. The molecule has 0 amide bonds. The van der Waals surface area contributed by atoms with Gasteiger partial charge in [0.15, 0.2) is 0 Å². The molecule has 2 aliphatic rings. The predicted molar refractivity (Wildman–Crippen MR) is 72.0 cm³/mol. The van der Waals surface area contributed by atoms with Crippen LogP contribution in [0.15, 0.2) is 24.3 Å². The van der Waals surface area contributed by atoms with Crippen molar-refractivity contribution in [3.8, 4) is 5.75 Å². The Morgan fingerprint density at radius 2 is 2.16 bits per heavy atom. The molecule has 3 N–H and O–H groups in total. The zero-order valence-corrected chi connectivity index (χ0v) is 11.2. The van der Waals surface area contributed by atoms with Crippen molar-refractivity contribution in [2.45, 2.75) is 37.6 Å². The van der Waals surface area contributed by atoms with Gasteiger partial charge in [-0.15, -0.1) is 0 Å². The third-order valence-electron chi connectivity index (χ3n) is 4.71. The Morgan fingerprint density at radius 3 is 2.63 bits per heavy atom. The van der Waals surface area contributed by atoms with Crippen molar-refractivity contribution in [3.05, 3.63) is 29.8 Å². The average Bonchev–Trinajstić information content (AvgIpc) is 3.07. The third kappa shape index (κ3) is 1.95. The van der Waals surface area contributed by atoms with E-state index in [0.717, 1.165) is 30.6 Å². The largest absolute Gasteiger partial charge is 0.497 e. The molecule has 0 saturated carbocycles. The van der Waals surface area contributed by atoms with E-state index in [1.165, 1.54) is 0 Å². The number of methoxy groups -OCH3 is 1. The summed E-state index contributed by atoms with van der Waals surface area (Å²) in [5.74, 6) is 0.793. The van der Waals surface area contributed by atoms with Gasteiger partial charge in [-0.25, -0.2) is 0 Å². The van der Waals surface area contributed by atoms with E-state index in [9.17, 15) is 5.11 Å². The highest BCUT2D eigenvalue weighted by atomic mass is 16.5. The molecule has 2 heterocycles. The zero-order valence-electron chi connectivity index (χ0n) is 11.2. The minimum Gasteiger partial charge on any atom is -0.497 e. The van der Waals surface area contributed by atoms with Crippen molar-refractivity contribution in [1.29, 1.82) is 0 Å². The first-order chi connectivity index (χ1) is 9.19. The minimum atomic E-state index is -0.571. The molecule has 0 spiro atoms. The second-order valence-electron chi connectivity index (χ2n) is 5.64. The molecule has 4 nitrogen and oxygen atoms in total. The van der Waals surface area contributed by atoms with Gasteiger partial charge in [-0.1, -0.05) is 12.1 Å². The molecule has 2 aliphatic heterocycles. The predicted octanol–water partition coefficient (Wildman–Crippen LogP) is 1.63. The second kappa shape index (κ2) is 4.78. The summed E-state index contributed by atoms with van der Waals surface area (Å²) in [7, 11) is 1.64. The van der Waals surface area contributed by atoms with E-state index in [-0.39, 0.29) is 17.6 Å². The first-order valence-electron chi connectivity index (χ1n) is 6.87. The van der Waals surface area contributed by atoms with Gasteiger partial charge in [0, 0.05) is 12.0 Å². The van der Waals surface area contributed by atoms with Gasteiger partial charge in [0.25, 0.3) is 0 Å². The van der Waals surface area contributed by atoms with E-state index < -0.39 is 6.10 Å². The highest BCUT2D eigenvalue weighted by Crippen LogP contribution is 2.53. The van der Waals surface area contributed by atoms with E-state index in [1.54, 1.807) is 7.11 Å². The van der Waals surface area contributed by atoms with Crippen LogP contribution in [0, 0.1) is 5.41 Å². The number of aliphatic hydroxyl groups excluding tert-OH is 1. The maximum Gasteiger partial charge on any atom is 0.118 e. The van der Waals surface area contributed by atoms with Crippen molar-refractivity contribution in [2.24, 2.45) is 11.1 Å². The van der Waals surface area contributed by atoms with Crippen molar-refractivity contribution < 1.29 is 14.6 Å². The molecule has 1 aromatic rings. The maximum absolute atomic E-state index is 10.8. The van der Waals surface area contributed by atoms with Gasteiger partial charge in [-0.05, 0) is 37.0 Å². The van der Waals surface area contributed by atoms with Crippen LogP contribution >= 0.6 is 0 Å². The number of hydrogen-bond donors (Lipinski definition) is 2. The zero-order chi connectivity index (χ0) is 13.5. The Kier molecular flexibility index (Phi) is 3.25. The van der Waals surface area contributed by atoms with Crippen molar-refractivity contribution in [1.82, 2.24) is 0 Å². The second-order valence-corrected chi connectivity index (χ2v) is 5.64. The molecule has 2 bridgehead atoms. The summed E-state index contributed by atoms with van der Waals surface area (Å²) in [6.45, 7) is 0.460. The van der Waals surface area contributed by atoms with E-state index in [1.807, 2.05) is 24.3 Å². The Balaban J connectivity index is 1.86. The van der Waals surface area contributed by atoms with Crippen LogP contribution in [0.5, 0.6) is 5.75 Å². The highest BCUT2D eigenvalue weighted by molar-refractivity contribution is 5.30. The summed E-state index contributed by atoms with van der Waals surface area (Å²) in [6, 6.07) is 7.56. The van der Waals surface area contributed by atoms with E-state index in [4.69, 9.17) is 15.2 Å². The number of ether oxygens (including phenoxy) is 2. The lowest BCUT2D eigenvalue weighted by Crippen LogP contribution is -2.44. The first kappa shape index (κ1) is 12.9. The number of hydrogen-bond acceptors (Lipinski definition) is 4. The maximum atomic E-state index is 10.8. The van der Waals surface area contributed by atoms with Crippen molar-refractivity contribution >= 4 is 0 Å². The fourth-order valence-electron chi connectivity index (χ4n) is 3.57. The lowest BCUT2D eigenvalue weighted by Gasteiger charge is -2.38. The van der Waals surface area contributed by atoms with Crippen LogP contribution in [0.2, 0.25) is 0 Å². The summed E-state index contributed by atoms with van der Waals surface area (Å²) < 4.78 is 11.0. The van der Waals surface area contributed by atoms with Crippen LogP contribution in [0.4, 0.5) is 0 Å². The summed E-state index contributed by atoms with van der Waals surface area (Å²) in [5, 5.41) is 10.8. The Hall–Kier alpha value is -1.10. The van der Waals surface area contributed by atoms with E-state index in [0.29, 0.717) is 6.54 Å². The summed E-state index contributed by atoms with van der Waals surface area (Å²) in [6.07, 6.45) is 2.78. The fourth-order valence-corrected chi connectivity index (χ4v) is 3.57. The molecule has 1 aromatic carbocycles. The molecule has 19 heavy (non-hydrogen) atoms. The highest BCUT2D eigenvalue weighted by Gasteiger charge is 2.55. The molecule has 0 aliphatic carbocycles. The Bertz CT molecular complexity index is 447. The smallest absolute Gasteiger partial charge is 0.118 e. The molecule has 104 valence electrons. The van der Waals surface area contributed by atoms with Crippen LogP contribution in [-0.2, 0) is 4.74 Å². The summed E-state index contributed by atoms with van der Waals surface area (Å²) in [5.41, 5.74) is 6.55. The average molecular weight is 263 g/mol. The summed E-state index contributed by atoms with van der Waals surface area (Å²) >= 11 is 0. The van der Waals surface area contributed by atoms with E-state index in [2.05, 4.69) is 0 Å². The first-order valence-corrected chi connectivity index (χ1v) is 6.87. The molecule has 0 radical (unpaired) electrons. The van der Waals surface area contributed by atoms with Gasteiger partial charge in [-0.2, -0.15) is 0 Å². The third-order valence-corrected chi connectivity index (χ3v) is 4.71. The fraction of sp³-hybridized carbons (Fsp3) is 0.600. The van der Waals surface area contributed by atoms with Crippen molar-refractivity contribution in [2.75, 3.05) is 13.7 Å². The molecular weight excluding hydrogens is 242 g/mol. The molecule has 3 rings (SSSR count). The number of fused-ring (bicyclic) bond motifs is 2. The number of benzene rings is 1. The van der Waals surface area contributed by atoms with Gasteiger partial charge in [0.2, 0.25) is 0 Å². The van der Waals surface area contributed by atoms with Gasteiger partial charge in [0.05, 0.1) is 25.4 Å². The Morgan fingerprint density at radius 1 is 1.42 bits per heavy atom. The summed E-state index contributed by atoms with van der Waals surface area (Å²) in [4.78, 5) is 0. The lowest BCUT2D eigenvalue weighted by atomic mass is 9.68. The van der Waals surface area contributed by atoms with Crippen molar-refractivity contribution in [3.63, 3.8) is 0 Å². The molecule has 4 unspecified atom stereocenters. The van der Waals surface area contributed by atoms with Crippen LogP contribution in [0.1, 0.15) is 30.9 Å². The van der Waals surface area contributed by atoms with Crippen LogP contribution < -0.4 is 10.5 Å². The quantitative estimate of drug-likeness (QED) is 0.866. The number of nitrogens with two attached hydrogens (primary N) is 1. The standard InChI is InChI=1S/C15H21NO3/c1-18-11-4-2-10(3-5-11)14(17)15(9-16)8-12-6-7-13(15)19-12/h2-5,12-14,17H,6-9,16H2,1H3. The lowest BCUT2D eigenvalue weighted by molar-refractivity contribution is -0.0264. The molecule has 2 fully saturated rings. The SMILES string of the molecule is COc1ccc(C(O)C2(CN)CC3CCC2O3)cc1. The normalized spacial score (nSPS) is 34.5. The van der Waals surface area contributed by atoms with E-state index >= 15 is 0 Å². The van der Waals surface area contributed by atoms with Crippen LogP contribution in [0.25, 0.3) is 0 Å².